The Morgan fingerprint density at radius 2 is 1.96 bits per heavy atom. The summed E-state index contributed by atoms with van der Waals surface area (Å²) in [6.07, 6.45) is 3.08. The number of rotatable bonds is 6. The van der Waals surface area contributed by atoms with E-state index < -0.39 is 5.97 Å². The van der Waals surface area contributed by atoms with Crippen molar-refractivity contribution in [1.29, 1.82) is 0 Å². The second kappa shape index (κ2) is 7.68. The number of hydrogen-bond acceptors (Lipinski definition) is 2. The third-order valence-electron chi connectivity index (χ3n) is 5.07. The minimum atomic E-state index is -1.04. The van der Waals surface area contributed by atoms with E-state index in [1.165, 1.54) is 12.1 Å². The molecule has 0 heterocycles. The highest BCUT2D eigenvalue weighted by Gasteiger charge is 2.30. The number of amides is 1. The minimum Gasteiger partial charge on any atom is -0.478 e. The molecular weight excluding hydrogens is 333 g/mol. The Morgan fingerprint density at radius 3 is 2.58 bits per heavy atom. The molecule has 2 aromatic rings. The van der Waals surface area contributed by atoms with Gasteiger partial charge >= 0.3 is 5.97 Å². The molecule has 5 heteroatoms. The van der Waals surface area contributed by atoms with Crippen molar-refractivity contribution in [3.8, 4) is 0 Å². The van der Waals surface area contributed by atoms with E-state index in [9.17, 15) is 19.1 Å². The fourth-order valence-electron chi connectivity index (χ4n) is 3.53. The van der Waals surface area contributed by atoms with Gasteiger partial charge in [-0.25, -0.2) is 9.18 Å². The van der Waals surface area contributed by atoms with Crippen LogP contribution in [0, 0.1) is 18.7 Å². The summed E-state index contributed by atoms with van der Waals surface area (Å²) < 4.78 is 13.6. The van der Waals surface area contributed by atoms with Crippen LogP contribution in [-0.4, -0.2) is 17.0 Å². The quantitative estimate of drug-likeness (QED) is 0.822. The first-order valence-corrected chi connectivity index (χ1v) is 8.82. The van der Waals surface area contributed by atoms with Gasteiger partial charge in [-0.2, -0.15) is 0 Å². The number of nitrogens with one attached hydrogen (secondary N) is 1. The van der Waals surface area contributed by atoms with Crippen molar-refractivity contribution in [2.75, 3.05) is 0 Å². The summed E-state index contributed by atoms with van der Waals surface area (Å²) in [7, 11) is 0. The van der Waals surface area contributed by atoms with Crippen molar-refractivity contribution in [3.63, 3.8) is 0 Å². The lowest BCUT2D eigenvalue weighted by Gasteiger charge is -2.34. The molecular formula is C21H22FNO3. The van der Waals surface area contributed by atoms with E-state index in [2.05, 4.69) is 5.32 Å². The maximum atomic E-state index is 13.6. The summed E-state index contributed by atoms with van der Waals surface area (Å²) in [6.45, 7) is 1.72. The van der Waals surface area contributed by atoms with E-state index in [0.717, 1.165) is 24.8 Å². The molecule has 0 bridgehead atoms. The zero-order valence-electron chi connectivity index (χ0n) is 14.7. The van der Waals surface area contributed by atoms with Crippen molar-refractivity contribution >= 4 is 11.9 Å². The Bertz CT molecular complexity index is 830. The molecule has 1 aliphatic carbocycles. The van der Waals surface area contributed by atoms with Crippen LogP contribution in [-0.2, 0) is 11.2 Å². The lowest BCUT2D eigenvalue weighted by atomic mass is 9.77. The molecule has 136 valence electrons. The smallest absolute Gasteiger partial charge is 0.336 e. The number of carbonyl (C=O) groups is 2. The second-order valence-electron chi connectivity index (χ2n) is 6.88. The first-order valence-electron chi connectivity index (χ1n) is 8.82. The number of benzene rings is 2. The van der Waals surface area contributed by atoms with Crippen molar-refractivity contribution in [2.24, 2.45) is 5.92 Å². The largest absolute Gasteiger partial charge is 0.478 e. The standard InChI is InChI=1S/C21H22FNO3/c1-13-5-2-8-15(19(13)21(25)26)12-18(24)23-20(14-6-3-7-14)16-9-4-10-17(22)11-16/h2,4-5,8-11,14,20H,3,6-7,12H2,1H3,(H,23,24)(H,25,26)/t20-/m0/s1. The molecule has 0 radical (unpaired) electrons. The summed E-state index contributed by atoms with van der Waals surface area (Å²) >= 11 is 0. The van der Waals surface area contributed by atoms with Crippen molar-refractivity contribution in [3.05, 3.63) is 70.5 Å². The first kappa shape index (κ1) is 18.1. The molecule has 0 spiro atoms. The van der Waals surface area contributed by atoms with Gasteiger partial charge in [0.05, 0.1) is 18.0 Å². The highest BCUT2D eigenvalue weighted by Crippen LogP contribution is 2.38. The minimum absolute atomic E-state index is 0.0121. The molecule has 1 aliphatic rings. The molecule has 0 aromatic heterocycles. The maximum Gasteiger partial charge on any atom is 0.336 e. The molecule has 1 saturated carbocycles. The molecule has 0 saturated heterocycles. The molecule has 1 fully saturated rings. The van der Waals surface area contributed by atoms with Gasteiger partial charge in [0.2, 0.25) is 5.91 Å². The highest BCUT2D eigenvalue weighted by atomic mass is 19.1. The molecule has 0 aliphatic heterocycles. The summed E-state index contributed by atoms with van der Waals surface area (Å²) in [6, 6.07) is 11.2. The van der Waals surface area contributed by atoms with E-state index in [4.69, 9.17) is 0 Å². The van der Waals surface area contributed by atoms with Crippen LogP contribution in [0.5, 0.6) is 0 Å². The fraction of sp³-hybridized carbons (Fsp3) is 0.333. The third kappa shape index (κ3) is 3.93. The summed E-state index contributed by atoms with van der Waals surface area (Å²) in [5.74, 6) is -1.32. The molecule has 0 unspecified atom stereocenters. The number of hydrogen-bond donors (Lipinski definition) is 2. The van der Waals surface area contributed by atoms with Gasteiger partial charge in [0.25, 0.3) is 0 Å². The molecule has 1 amide bonds. The zero-order valence-corrected chi connectivity index (χ0v) is 14.7. The molecule has 2 N–H and O–H groups in total. The number of carboxylic acids is 1. The van der Waals surface area contributed by atoms with Crippen LogP contribution in [0.4, 0.5) is 4.39 Å². The Morgan fingerprint density at radius 1 is 1.23 bits per heavy atom. The summed E-state index contributed by atoms with van der Waals surface area (Å²) in [5, 5.41) is 12.4. The SMILES string of the molecule is Cc1cccc(CC(=O)N[C@H](c2cccc(F)c2)C2CCC2)c1C(=O)O. The fourth-order valence-corrected chi connectivity index (χ4v) is 3.53. The van der Waals surface area contributed by atoms with E-state index in [-0.39, 0.29) is 35.7 Å². The van der Waals surface area contributed by atoms with E-state index >= 15 is 0 Å². The molecule has 2 aromatic carbocycles. The maximum absolute atomic E-state index is 13.6. The highest BCUT2D eigenvalue weighted by molar-refractivity contribution is 5.93. The Kier molecular flexibility index (Phi) is 5.35. The predicted molar refractivity (Wildman–Crippen MR) is 96.5 cm³/mol. The lowest BCUT2D eigenvalue weighted by Crippen LogP contribution is -2.37. The Hall–Kier alpha value is -2.69. The topological polar surface area (TPSA) is 66.4 Å². The van der Waals surface area contributed by atoms with Crippen LogP contribution in [0.2, 0.25) is 0 Å². The van der Waals surface area contributed by atoms with E-state index in [0.29, 0.717) is 11.1 Å². The third-order valence-corrected chi connectivity index (χ3v) is 5.07. The Balaban J connectivity index is 1.79. The monoisotopic (exact) mass is 355 g/mol. The lowest BCUT2D eigenvalue weighted by molar-refractivity contribution is -0.121. The van der Waals surface area contributed by atoms with Crippen LogP contribution in [0.3, 0.4) is 0 Å². The van der Waals surface area contributed by atoms with Crippen LogP contribution in [0.15, 0.2) is 42.5 Å². The van der Waals surface area contributed by atoms with Gasteiger partial charge in [-0.1, -0.05) is 36.8 Å². The van der Waals surface area contributed by atoms with Crippen LogP contribution < -0.4 is 5.32 Å². The van der Waals surface area contributed by atoms with E-state index in [1.54, 1.807) is 31.2 Å². The second-order valence-corrected chi connectivity index (χ2v) is 6.88. The average molecular weight is 355 g/mol. The first-order chi connectivity index (χ1) is 12.5. The van der Waals surface area contributed by atoms with Gasteiger partial charge in [0.1, 0.15) is 5.82 Å². The van der Waals surface area contributed by atoms with Gasteiger partial charge in [0.15, 0.2) is 0 Å². The van der Waals surface area contributed by atoms with Crippen LogP contribution >= 0.6 is 0 Å². The molecule has 4 nitrogen and oxygen atoms in total. The van der Waals surface area contributed by atoms with Gasteiger partial charge in [-0.15, -0.1) is 0 Å². The van der Waals surface area contributed by atoms with Crippen molar-refractivity contribution in [1.82, 2.24) is 5.32 Å². The summed E-state index contributed by atoms with van der Waals surface area (Å²) in [4.78, 5) is 24.1. The molecule has 1 atom stereocenters. The van der Waals surface area contributed by atoms with E-state index in [1.807, 2.05) is 6.07 Å². The zero-order chi connectivity index (χ0) is 18.7. The number of carboxylic acid groups (broad SMARTS) is 1. The predicted octanol–water partition coefficient (Wildman–Crippen LogP) is 4.03. The Labute approximate surface area is 152 Å². The van der Waals surface area contributed by atoms with Gasteiger partial charge in [-0.05, 0) is 54.5 Å². The van der Waals surface area contributed by atoms with Crippen LogP contribution in [0.25, 0.3) is 0 Å². The molecule has 26 heavy (non-hydrogen) atoms. The normalized spacial score (nSPS) is 15.2. The van der Waals surface area contributed by atoms with Gasteiger partial charge in [-0.3, -0.25) is 4.79 Å². The summed E-state index contributed by atoms with van der Waals surface area (Å²) in [5.41, 5.74) is 2.05. The number of carbonyl (C=O) groups excluding carboxylic acids is 1. The van der Waals surface area contributed by atoms with Crippen molar-refractivity contribution in [2.45, 2.75) is 38.6 Å². The van der Waals surface area contributed by atoms with Crippen LogP contribution in [0.1, 0.15) is 52.4 Å². The number of halogens is 1. The van der Waals surface area contributed by atoms with Gasteiger partial charge in [0, 0.05) is 0 Å². The average Bonchev–Trinajstić information content (AvgIpc) is 2.52. The number of aromatic carboxylic acids is 1. The van der Waals surface area contributed by atoms with Crippen molar-refractivity contribution < 1.29 is 19.1 Å². The molecule has 3 rings (SSSR count). The number of aryl methyl sites for hydroxylation is 1. The van der Waals surface area contributed by atoms with Gasteiger partial charge < -0.3 is 10.4 Å².